The van der Waals surface area contributed by atoms with E-state index in [4.69, 9.17) is 9.51 Å². The minimum atomic E-state index is 0. The van der Waals surface area contributed by atoms with E-state index < -0.39 is 0 Å². The van der Waals surface area contributed by atoms with Crippen molar-refractivity contribution in [3.8, 4) is 11.4 Å². The third kappa shape index (κ3) is 2.25. The number of hydrogen-bond acceptors (Lipinski definition) is 4. The number of hydrogen-bond donors (Lipinski definition) is 1. The second-order valence-electron chi connectivity index (χ2n) is 6.53. The summed E-state index contributed by atoms with van der Waals surface area (Å²) in [7, 11) is 0. The van der Waals surface area contributed by atoms with Crippen molar-refractivity contribution < 1.29 is 4.52 Å². The third-order valence-corrected chi connectivity index (χ3v) is 5.24. The first kappa shape index (κ1) is 14.7. The van der Waals surface area contributed by atoms with Gasteiger partial charge in [0.15, 0.2) is 0 Å². The molecule has 5 heteroatoms. The van der Waals surface area contributed by atoms with Gasteiger partial charge in [0.2, 0.25) is 11.7 Å². The zero-order valence-corrected chi connectivity index (χ0v) is 13.5. The molecule has 2 aliphatic rings. The molecule has 0 amide bonds. The highest BCUT2D eigenvalue weighted by Gasteiger charge is 2.58. The first-order chi connectivity index (χ1) is 10.9. The predicted molar refractivity (Wildman–Crippen MR) is 91.8 cm³/mol. The Labute approximate surface area is 140 Å². The molecule has 0 bridgehead atoms. The maximum atomic E-state index is 5.59. The normalized spacial score (nSPS) is 25.7. The molecule has 1 aliphatic heterocycles. The van der Waals surface area contributed by atoms with Gasteiger partial charge in [0.25, 0.3) is 0 Å². The maximum absolute atomic E-state index is 5.59. The molecule has 2 atom stereocenters. The Kier molecular flexibility index (Phi) is 3.39. The number of nitrogens with zero attached hydrogens (tertiary/aromatic N) is 2. The van der Waals surface area contributed by atoms with E-state index in [0.717, 1.165) is 24.5 Å². The Morgan fingerprint density at radius 3 is 2.87 bits per heavy atom. The molecule has 118 valence electrons. The van der Waals surface area contributed by atoms with Gasteiger partial charge in [-0.2, -0.15) is 4.98 Å². The lowest BCUT2D eigenvalue weighted by Gasteiger charge is -2.03. The Morgan fingerprint density at radius 2 is 2.00 bits per heavy atom. The van der Waals surface area contributed by atoms with Gasteiger partial charge >= 0.3 is 0 Å². The quantitative estimate of drug-likeness (QED) is 0.778. The topological polar surface area (TPSA) is 51.0 Å². The number of benzene rings is 2. The predicted octanol–water partition coefficient (Wildman–Crippen LogP) is 3.78. The molecule has 1 N–H and O–H groups in total. The van der Waals surface area contributed by atoms with Gasteiger partial charge in [-0.25, -0.2) is 0 Å². The minimum Gasteiger partial charge on any atom is -0.339 e. The van der Waals surface area contributed by atoms with E-state index in [1.807, 2.05) is 12.1 Å². The van der Waals surface area contributed by atoms with Crippen LogP contribution in [0.5, 0.6) is 0 Å². The minimum absolute atomic E-state index is 0. The maximum Gasteiger partial charge on any atom is 0.230 e. The summed E-state index contributed by atoms with van der Waals surface area (Å²) in [6.07, 6.45) is 2.40. The van der Waals surface area contributed by atoms with Gasteiger partial charge in [0.1, 0.15) is 0 Å². The van der Waals surface area contributed by atoms with Gasteiger partial charge in [0.05, 0.1) is 0 Å². The summed E-state index contributed by atoms with van der Waals surface area (Å²) in [4.78, 5) is 4.71. The van der Waals surface area contributed by atoms with Crippen LogP contribution < -0.4 is 5.32 Å². The molecule has 0 radical (unpaired) electrons. The number of aromatic nitrogens is 2. The third-order valence-electron chi connectivity index (χ3n) is 5.24. The van der Waals surface area contributed by atoms with E-state index in [1.54, 1.807) is 0 Å². The first-order valence-electron chi connectivity index (χ1n) is 7.88. The second kappa shape index (κ2) is 5.32. The van der Waals surface area contributed by atoms with Crippen LogP contribution in [0.15, 0.2) is 47.0 Å². The van der Waals surface area contributed by atoms with Crippen molar-refractivity contribution in [2.45, 2.75) is 18.8 Å². The molecule has 4 nitrogen and oxygen atoms in total. The molecule has 1 spiro atoms. The molecule has 1 saturated heterocycles. The van der Waals surface area contributed by atoms with Crippen molar-refractivity contribution in [1.82, 2.24) is 15.5 Å². The van der Waals surface area contributed by atoms with Crippen molar-refractivity contribution >= 4 is 23.2 Å². The van der Waals surface area contributed by atoms with Crippen molar-refractivity contribution in [3.05, 3.63) is 48.4 Å². The second-order valence-corrected chi connectivity index (χ2v) is 6.53. The summed E-state index contributed by atoms with van der Waals surface area (Å²) in [6.45, 7) is 2.20. The number of nitrogens with one attached hydrogen (secondary N) is 1. The first-order valence-corrected chi connectivity index (χ1v) is 7.88. The summed E-state index contributed by atoms with van der Waals surface area (Å²) in [6, 6.07) is 14.5. The summed E-state index contributed by atoms with van der Waals surface area (Å²) in [5, 5.41) is 10.1. The zero-order chi connectivity index (χ0) is 14.6. The molecule has 2 unspecified atom stereocenters. The summed E-state index contributed by atoms with van der Waals surface area (Å²) in [5.74, 6) is 1.96. The molecule has 3 aromatic rings. The van der Waals surface area contributed by atoms with Crippen LogP contribution >= 0.6 is 12.4 Å². The van der Waals surface area contributed by atoms with Crippen molar-refractivity contribution in [1.29, 1.82) is 0 Å². The summed E-state index contributed by atoms with van der Waals surface area (Å²) >= 11 is 0. The Morgan fingerprint density at radius 1 is 1.13 bits per heavy atom. The summed E-state index contributed by atoms with van der Waals surface area (Å²) in [5.41, 5.74) is 1.44. The number of rotatable bonds is 2. The Balaban J connectivity index is 0.00000135. The van der Waals surface area contributed by atoms with Crippen LogP contribution in [0.3, 0.4) is 0 Å². The molecule has 2 heterocycles. The largest absolute Gasteiger partial charge is 0.339 e. The molecule has 23 heavy (non-hydrogen) atoms. The van der Waals surface area contributed by atoms with Crippen LogP contribution in [0, 0.1) is 5.41 Å². The molecule has 1 saturated carbocycles. The lowest BCUT2D eigenvalue weighted by atomic mass is 10.0. The summed E-state index contributed by atoms with van der Waals surface area (Å²) < 4.78 is 5.59. The highest BCUT2D eigenvalue weighted by Crippen LogP contribution is 2.62. The Bertz CT molecular complexity index is 849. The number of fused-ring (bicyclic) bond motifs is 1. The average molecular weight is 328 g/mol. The standard InChI is InChI=1S/C18H17N3O.ClH/c1-2-6-13-12(4-1)5-3-7-14(13)16-20-17(22-21-16)15-10-18(15)8-9-19-11-18;/h1-7,15,19H,8-11H2;1H. The van der Waals surface area contributed by atoms with Crippen molar-refractivity contribution in [2.24, 2.45) is 5.41 Å². The SMILES string of the molecule is Cl.c1ccc2c(-c3noc(C4CC45CCNC5)n3)cccc2c1. The van der Waals surface area contributed by atoms with E-state index in [9.17, 15) is 0 Å². The van der Waals surface area contributed by atoms with Gasteiger partial charge in [-0.15, -0.1) is 12.4 Å². The van der Waals surface area contributed by atoms with E-state index in [2.05, 4.69) is 40.8 Å². The van der Waals surface area contributed by atoms with Crippen LogP contribution in [-0.4, -0.2) is 23.2 Å². The van der Waals surface area contributed by atoms with E-state index in [0.29, 0.717) is 17.2 Å². The van der Waals surface area contributed by atoms with Crippen LogP contribution in [0.1, 0.15) is 24.7 Å². The molecule has 1 aliphatic carbocycles. The monoisotopic (exact) mass is 327 g/mol. The molecule has 2 fully saturated rings. The zero-order valence-electron chi connectivity index (χ0n) is 12.7. The fourth-order valence-corrected chi connectivity index (χ4v) is 3.84. The Hall–Kier alpha value is -1.91. The van der Waals surface area contributed by atoms with E-state index in [-0.39, 0.29) is 12.4 Å². The molecule has 1 aromatic heterocycles. The van der Waals surface area contributed by atoms with Crippen LogP contribution in [0.2, 0.25) is 0 Å². The van der Waals surface area contributed by atoms with Gasteiger partial charge < -0.3 is 9.84 Å². The molecule has 5 rings (SSSR count). The fraction of sp³-hybridized carbons (Fsp3) is 0.333. The number of halogens is 1. The van der Waals surface area contributed by atoms with Crippen LogP contribution in [0.4, 0.5) is 0 Å². The van der Waals surface area contributed by atoms with Crippen LogP contribution in [0.25, 0.3) is 22.2 Å². The molecule has 2 aromatic carbocycles. The van der Waals surface area contributed by atoms with Gasteiger partial charge in [-0.05, 0) is 35.6 Å². The molecular weight excluding hydrogens is 310 g/mol. The van der Waals surface area contributed by atoms with Gasteiger partial charge in [-0.3, -0.25) is 0 Å². The smallest absolute Gasteiger partial charge is 0.230 e. The highest BCUT2D eigenvalue weighted by molar-refractivity contribution is 5.94. The highest BCUT2D eigenvalue weighted by atomic mass is 35.5. The average Bonchev–Trinajstić information content (AvgIpc) is 2.93. The van der Waals surface area contributed by atoms with Crippen molar-refractivity contribution in [3.63, 3.8) is 0 Å². The lowest BCUT2D eigenvalue weighted by Crippen LogP contribution is -2.10. The van der Waals surface area contributed by atoms with Crippen molar-refractivity contribution in [2.75, 3.05) is 13.1 Å². The van der Waals surface area contributed by atoms with E-state index >= 15 is 0 Å². The van der Waals surface area contributed by atoms with Crippen LogP contribution in [-0.2, 0) is 0 Å². The molecular formula is C18H18ClN3O. The van der Waals surface area contributed by atoms with Gasteiger partial charge in [-0.1, -0.05) is 47.6 Å². The van der Waals surface area contributed by atoms with Gasteiger partial charge in [0, 0.05) is 18.0 Å². The van der Waals surface area contributed by atoms with E-state index in [1.165, 1.54) is 23.6 Å². The fourth-order valence-electron chi connectivity index (χ4n) is 3.84. The lowest BCUT2D eigenvalue weighted by molar-refractivity contribution is 0.364.